The first kappa shape index (κ1) is 17.4. The number of hydrogen-bond donors (Lipinski definition) is 0. The Balaban J connectivity index is 1.84. The highest BCUT2D eigenvalue weighted by atomic mass is 19.4. The second-order valence-electron chi connectivity index (χ2n) is 6.87. The Morgan fingerprint density at radius 2 is 1.00 bits per heavy atom. The standard InChI is InChI=1S/C19H7F3O7/c1-18(19(20,21)22)10-2-6-8(16(25)28-14(6)23)4-12(10)27-13-5-9-7(3-11(13)18)15(24)29-17(9)26/h2-5H,1H3. The molecule has 29 heavy (non-hydrogen) atoms. The summed E-state index contributed by atoms with van der Waals surface area (Å²) in [5.41, 5.74) is -4.65. The number of rotatable bonds is 0. The lowest BCUT2D eigenvalue weighted by Gasteiger charge is -2.39. The third-order valence-electron chi connectivity index (χ3n) is 5.35. The monoisotopic (exact) mass is 404 g/mol. The van der Waals surface area contributed by atoms with Crippen LogP contribution in [0.15, 0.2) is 24.3 Å². The number of cyclic esters (lactones) is 4. The number of fused-ring (bicyclic) bond motifs is 4. The number of benzene rings is 2. The van der Waals surface area contributed by atoms with Crippen LogP contribution in [0, 0.1) is 0 Å². The van der Waals surface area contributed by atoms with Crippen molar-refractivity contribution in [1.29, 1.82) is 0 Å². The first-order valence-electron chi connectivity index (χ1n) is 8.17. The quantitative estimate of drug-likeness (QED) is 0.491. The maximum Gasteiger partial charge on any atom is 0.402 e. The third-order valence-corrected chi connectivity index (χ3v) is 5.35. The third kappa shape index (κ3) is 2.02. The molecule has 0 aromatic heterocycles. The lowest BCUT2D eigenvalue weighted by atomic mass is 9.72. The minimum Gasteiger partial charge on any atom is -0.457 e. The van der Waals surface area contributed by atoms with Gasteiger partial charge in [0.2, 0.25) is 0 Å². The van der Waals surface area contributed by atoms with E-state index in [0.29, 0.717) is 0 Å². The summed E-state index contributed by atoms with van der Waals surface area (Å²) in [5, 5.41) is 0. The number of carbonyl (C=O) groups excluding carboxylic acids is 4. The molecule has 3 aliphatic heterocycles. The van der Waals surface area contributed by atoms with E-state index in [1.165, 1.54) is 0 Å². The number of hydrogen-bond acceptors (Lipinski definition) is 7. The lowest BCUT2D eigenvalue weighted by Crippen LogP contribution is -2.43. The minimum absolute atomic E-state index is 0.225. The van der Waals surface area contributed by atoms with Gasteiger partial charge in [-0.05, 0) is 31.2 Å². The van der Waals surface area contributed by atoms with Crippen molar-refractivity contribution in [1.82, 2.24) is 0 Å². The van der Waals surface area contributed by atoms with Gasteiger partial charge in [-0.3, -0.25) is 0 Å². The van der Waals surface area contributed by atoms with E-state index in [0.717, 1.165) is 31.2 Å². The van der Waals surface area contributed by atoms with Gasteiger partial charge in [0, 0.05) is 11.1 Å². The average Bonchev–Trinajstić information content (AvgIpc) is 3.07. The van der Waals surface area contributed by atoms with Crippen molar-refractivity contribution in [3.63, 3.8) is 0 Å². The summed E-state index contributed by atoms with van der Waals surface area (Å²) in [6.45, 7) is 0.857. The highest BCUT2D eigenvalue weighted by Crippen LogP contribution is 2.57. The largest absolute Gasteiger partial charge is 0.457 e. The van der Waals surface area contributed by atoms with Gasteiger partial charge in [-0.25, -0.2) is 19.2 Å². The topological polar surface area (TPSA) is 96.0 Å². The van der Waals surface area contributed by atoms with E-state index in [4.69, 9.17) is 4.74 Å². The fraction of sp³-hybridized carbons (Fsp3) is 0.158. The Labute approximate surface area is 159 Å². The van der Waals surface area contributed by atoms with Gasteiger partial charge in [0.05, 0.1) is 22.3 Å². The Morgan fingerprint density at radius 3 is 1.34 bits per heavy atom. The van der Waals surface area contributed by atoms with Crippen molar-refractivity contribution in [2.45, 2.75) is 18.5 Å². The second-order valence-corrected chi connectivity index (χ2v) is 6.87. The molecule has 0 spiro atoms. The van der Waals surface area contributed by atoms with Crippen molar-refractivity contribution in [3.8, 4) is 11.5 Å². The van der Waals surface area contributed by atoms with E-state index in [-0.39, 0.29) is 33.8 Å². The zero-order valence-electron chi connectivity index (χ0n) is 14.3. The number of halogens is 3. The molecule has 7 nitrogen and oxygen atoms in total. The molecule has 0 fully saturated rings. The summed E-state index contributed by atoms with van der Waals surface area (Å²) in [6, 6.07) is 3.82. The van der Waals surface area contributed by atoms with Gasteiger partial charge in [-0.15, -0.1) is 0 Å². The van der Waals surface area contributed by atoms with Crippen LogP contribution in [0.5, 0.6) is 11.5 Å². The van der Waals surface area contributed by atoms with E-state index in [9.17, 15) is 32.3 Å². The predicted octanol–water partition coefficient (Wildman–Crippen LogP) is 3.28. The van der Waals surface area contributed by atoms with Gasteiger partial charge >= 0.3 is 30.1 Å². The zero-order chi connectivity index (χ0) is 20.9. The molecule has 2 aromatic rings. The van der Waals surface area contributed by atoms with Gasteiger partial charge < -0.3 is 14.2 Å². The van der Waals surface area contributed by atoms with Crippen LogP contribution in [0.25, 0.3) is 0 Å². The molecule has 0 radical (unpaired) electrons. The first-order chi connectivity index (χ1) is 13.5. The summed E-state index contributed by atoms with van der Waals surface area (Å²) in [4.78, 5) is 47.2. The van der Waals surface area contributed by atoms with Gasteiger partial charge in [-0.2, -0.15) is 13.2 Å². The summed E-state index contributed by atoms with van der Waals surface area (Å²) in [6.07, 6.45) is -4.89. The van der Waals surface area contributed by atoms with Crippen LogP contribution in [0.2, 0.25) is 0 Å². The first-order valence-corrected chi connectivity index (χ1v) is 8.17. The molecule has 0 amide bonds. The molecular formula is C19H7F3O7. The molecule has 5 rings (SSSR count). The summed E-state index contributed by atoms with van der Waals surface area (Å²) < 4.78 is 57.4. The molecule has 146 valence electrons. The second kappa shape index (κ2) is 5.02. The molecule has 10 heteroatoms. The van der Waals surface area contributed by atoms with Crippen LogP contribution in [0.1, 0.15) is 59.5 Å². The molecule has 0 atom stereocenters. The molecule has 3 aliphatic rings. The van der Waals surface area contributed by atoms with Crippen LogP contribution < -0.4 is 4.74 Å². The normalized spacial score (nSPS) is 18.3. The zero-order valence-corrected chi connectivity index (χ0v) is 14.3. The van der Waals surface area contributed by atoms with E-state index >= 15 is 0 Å². The summed E-state index contributed by atoms with van der Waals surface area (Å²) >= 11 is 0. The van der Waals surface area contributed by atoms with Crippen molar-refractivity contribution in [3.05, 3.63) is 57.6 Å². The van der Waals surface area contributed by atoms with Gasteiger partial charge in [0.25, 0.3) is 0 Å². The lowest BCUT2D eigenvalue weighted by molar-refractivity contribution is -0.174. The number of esters is 4. The van der Waals surface area contributed by atoms with Crippen molar-refractivity contribution >= 4 is 23.9 Å². The number of carbonyl (C=O) groups is 4. The van der Waals surface area contributed by atoms with Gasteiger partial charge in [0.1, 0.15) is 16.9 Å². The Hall–Kier alpha value is -3.69. The van der Waals surface area contributed by atoms with Crippen LogP contribution >= 0.6 is 0 Å². The Morgan fingerprint density at radius 1 is 0.655 bits per heavy atom. The average molecular weight is 404 g/mol. The van der Waals surface area contributed by atoms with Gasteiger partial charge in [0.15, 0.2) is 0 Å². The van der Waals surface area contributed by atoms with Crippen LogP contribution in [0.4, 0.5) is 13.2 Å². The highest BCUT2D eigenvalue weighted by Gasteiger charge is 2.59. The van der Waals surface area contributed by atoms with Crippen molar-refractivity contribution in [2.24, 2.45) is 0 Å². The molecule has 0 N–H and O–H groups in total. The van der Waals surface area contributed by atoms with Crippen molar-refractivity contribution in [2.75, 3.05) is 0 Å². The smallest absolute Gasteiger partial charge is 0.402 e. The van der Waals surface area contributed by atoms with Crippen LogP contribution in [-0.4, -0.2) is 30.1 Å². The summed E-state index contributed by atoms with van der Waals surface area (Å²) in [7, 11) is 0. The molecule has 2 aromatic carbocycles. The number of alkyl halides is 3. The van der Waals surface area contributed by atoms with E-state index in [1.807, 2.05) is 0 Å². The Bertz CT molecular complexity index is 1130. The molecule has 0 bridgehead atoms. The van der Waals surface area contributed by atoms with E-state index in [1.54, 1.807) is 0 Å². The molecule has 0 saturated carbocycles. The number of ether oxygens (including phenoxy) is 3. The maximum atomic E-state index is 14.3. The van der Waals surface area contributed by atoms with Crippen molar-refractivity contribution < 1.29 is 46.6 Å². The van der Waals surface area contributed by atoms with Gasteiger partial charge in [-0.1, -0.05) is 0 Å². The van der Waals surface area contributed by atoms with Crippen LogP contribution in [-0.2, 0) is 14.9 Å². The van der Waals surface area contributed by atoms with E-state index in [2.05, 4.69) is 9.47 Å². The maximum absolute atomic E-state index is 14.3. The molecule has 0 aliphatic carbocycles. The SMILES string of the molecule is CC1(C(F)(F)F)c2cc3c(cc2Oc2cc4c(cc21)C(=O)OC4=O)C(=O)OC3=O. The predicted molar refractivity (Wildman–Crippen MR) is 85.0 cm³/mol. The molecule has 0 unspecified atom stereocenters. The highest BCUT2D eigenvalue weighted by molar-refractivity contribution is 6.16. The molecular weight excluding hydrogens is 397 g/mol. The fourth-order valence-corrected chi connectivity index (χ4v) is 3.74. The molecule has 3 heterocycles. The van der Waals surface area contributed by atoms with E-state index < -0.39 is 46.6 Å². The summed E-state index contributed by atoms with van der Waals surface area (Å²) in [5.74, 6) is -4.77. The minimum atomic E-state index is -4.89. The fourth-order valence-electron chi connectivity index (χ4n) is 3.74. The van der Waals surface area contributed by atoms with Crippen LogP contribution in [0.3, 0.4) is 0 Å². The molecule has 0 saturated heterocycles. The Kier molecular flexibility index (Phi) is 3.01.